The molecule has 1 aliphatic rings. The highest BCUT2D eigenvalue weighted by Gasteiger charge is 2.28. The second-order valence-corrected chi connectivity index (χ2v) is 5.28. The predicted molar refractivity (Wildman–Crippen MR) is 66.2 cm³/mol. The van der Waals surface area contributed by atoms with Gasteiger partial charge in [0, 0.05) is 6.04 Å². The molecule has 16 heavy (non-hydrogen) atoms. The normalized spacial score (nSPS) is 32.6. The van der Waals surface area contributed by atoms with Crippen LogP contribution in [0.25, 0.3) is 0 Å². The highest BCUT2D eigenvalue weighted by Crippen LogP contribution is 2.31. The van der Waals surface area contributed by atoms with Crippen molar-refractivity contribution in [2.45, 2.75) is 52.1 Å². The standard InChI is InChI=1S/C14H23NO/c1-10-6-4-7-13(11(10)2)15-12(3)14-8-5-9-16-14/h5,8-13,15H,4,6-7H2,1-3H3/t10?,11?,12-,13?/m0/s1. The molecule has 0 aromatic carbocycles. The highest BCUT2D eigenvalue weighted by molar-refractivity contribution is 5.03. The zero-order valence-electron chi connectivity index (χ0n) is 10.6. The number of furan rings is 1. The fourth-order valence-corrected chi connectivity index (χ4v) is 2.76. The molecule has 1 aliphatic carbocycles. The summed E-state index contributed by atoms with van der Waals surface area (Å²) in [5.41, 5.74) is 0. The topological polar surface area (TPSA) is 25.2 Å². The molecule has 1 aromatic rings. The molecule has 0 bridgehead atoms. The third-order valence-electron chi connectivity index (χ3n) is 4.14. The van der Waals surface area contributed by atoms with Crippen LogP contribution in [0.5, 0.6) is 0 Å². The molecular weight excluding hydrogens is 198 g/mol. The third kappa shape index (κ3) is 2.49. The first-order valence-corrected chi connectivity index (χ1v) is 6.48. The second kappa shape index (κ2) is 5.05. The first kappa shape index (κ1) is 11.7. The van der Waals surface area contributed by atoms with E-state index in [1.54, 1.807) is 6.26 Å². The van der Waals surface area contributed by atoms with E-state index in [0.717, 1.165) is 17.6 Å². The van der Waals surface area contributed by atoms with Gasteiger partial charge in [0.15, 0.2) is 0 Å². The van der Waals surface area contributed by atoms with Gasteiger partial charge in [-0.25, -0.2) is 0 Å². The largest absolute Gasteiger partial charge is 0.468 e. The highest BCUT2D eigenvalue weighted by atomic mass is 16.3. The third-order valence-corrected chi connectivity index (χ3v) is 4.14. The fraction of sp³-hybridized carbons (Fsp3) is 0.714. The van der Waals surface area contributed by atoms with Gasteiger partial charge in [-0.05, 0) is 37.3 Å². The van der Waals surface area contributed by atoms with E-state index in [9.17, 15) is 0 Å². The van der Waals surface area contributed by atoms with Gasteiger partial charge in [-0.15, -0.1) is 0 Å². The van der Waals surface area contributed by atoms with Crippen molar-refractivity contribution in [1.29, 1.82) is 0 Å². The maximum absolute atomic E-state index is 5.44. The molecule has 3 unspecified atom stereocenters. The van der Waals surface area contributed by atoms with Gasteiger partial charge in [0.1, 0.15) is 5.76 Å². The average molecular weight is 221 g/mol. The Hall–Kier alpha value is -0.760. The van der Waals surface area contributed by atoms with Crippen LogP contribution in [0.15, 0.2) is 22.8 Å². The maximum Gasteiger partial charge on any atom is 0.120 e. The smallest absolute Gasteiger partial charge is 0.120 e. The summed E-state index contributed by atoms with van der Waals surface area (Å²) in [4.78, 5) is 0. The summed E-state index contributed by atoms with van der Waals surface area (Å²) in [6, 6.07) is 4.98. The lowest BCUT2D eigenvalue weighted by Gasteiger charge is -2.36. The Morgan fingerprint density at radius 1 is 1.38 bits per heavy atom. The van der Waals surface area contributed by atoms with Gasteiger partial charge in [-0.2, -0.15) is 0 Å². The summed E-state index contributed by atoms with van der Waals surface area (Å²) >= 11 is 0. The van der Waals surface area contributed by atoms with Crippen LogP contribution in [0, 0.1) is 11.8 Å². The molecule has 1 N–H and O–H groups in total. The van der Waals surface area contributed by atoms with E-state index < -0.39 is 0 Å². The number of hydrogen-bond donors (Lipinski definition) is 1. The molecule has 1 fully saturated rings. The van der Waals surface area contributed by atoms with Gasteiger partial charge < -0.3 is 9.73 Å². The van der Waals surface area contributed by atoms with E-state index in [1.807, 2.05) is 6.07 Å². The Balaban J connectivity index is 1.93. The maximum atomic E-state index is 5.44. The minimum absolute atomic E-state index is 0.327. The first-order valence-electron chi connectivity index (χ1n) is 6.48. The van der Waals surface area contributed by atoms with Crippen molar-refractivity contribution in [3.05, 3.63) is 24.2 Å². The van der Waals surface area contributed by atoms with Gasteiger partial charge in [0.05, 0.1) is 12.3 Å². The molecule has 0 amide bonds. The van der Waals surface area contributed by atoms with Crippen molar-refractivity contribution in [2.24, 2.45) is 11.8 Å². The molecule has 1 aromatic heterocycles. The number of nitrogens with one attached hydrogen (secondary N) is 1. The van der Waals surface area contributed by atoms with Crippen molar-refractivity contribution >= 4 is 0 Å². The fourth-order valence-electron chi connectivity index (χ4n) is 2.76. The van der Waals surface area contributed by atoms with Crippen LogP contribution < -0.4 is 5.32 Å². The molecule has 0 radical (unpaired) electrons. The van der Waals surface area contributed by atoms with Gasteiger partial charge in [-0.3, -0.25) is 0 Å². The van der Waals surface area contributed by atoms with Crippen molar-refractivity contribution in [3.8, 4) is 0 Å². The molecule has 4 atom stereocenters. The summed E-state index contributed by atoms with van der Waals surface area (Å²) in [5.74, 6) is 2.66. The molecule has 0 saturated heterocycles. The molecular formula is C14H23NO. The molecule has 90 valence electrons. The van der Waals surface area contributed by atoms with Crippen LogP contribution in [0.1, 0.15) is 51.8 Å². The zero-order chi connectivity index (χ0) is 11.5. The quantitative estimate of drug-likeness (QED) is 0.840. The summed E-state index contributed by atoms with van der Waals surface area (Å²) in [6.07, 6.45) is 5.79. The van der Waals surface area contributed by atoms with E-state index in [2.05, 4.69) is 32.2 Å². The molecule has 1 heterocycles. The zero-order valence-corrected chi connectivity index (χ0v) is 10.6. The van der Waals surface area contributed by atoms with Crippen LogP contribution in [-0.2, 0) is 0 Å². The molecule has 2 heteroatoms. The van der Waals surface area contributed by atoms with E-state index in [-0.39, 0.29) is 0 Å². The van der Waals surface area contributed by atoms with E-state index >= 15 is 0 Å². The molecule has 1 saturated carbocycles. The number of rotatable bonds is 3. The van der Waals surface area contributed by atoms with Crippen molar-refractivity contribution in [2.75, 3.05) is 0 Å². The minimum atomic E-state index is 0.327. The Morgan fingerprint density at radius 3 is 2.88 bits per heavy atom. The Labute approximate surface area is 98.4 Å². The van der Waals surface area contributed by atoms with E-state index in [1.165, 1.54) is 19.3 Å². The monoisotopic (exact) mass is 221 g/mol. The predicted octanol–water partition coefficient (Wildman–Crippen LogP) is 3.75. The lowest BCUT2D eigenvalue weighted by molar-refractivity contribution is 0.191. The Bertz CT molecular complexity index is 307. The summed E-state index contributed by atoms with van der Waals surface area (Å²) < 4.78 is 5.44. The molecule has 2 rings (SSSR count). The first-order chi connectivity index (χ1) is 7.68. The summed E-state index contributed by atoms with van der Waals surface area (Å²) in [5, 5.41) is 3.71. The minimum Gasteiger partial charge on any atom is -0.468 e. The van der Waals surface area contributed by atoms with Crippen LogP contribution >= 0.6 is 0 Å². The summed E-state index contributed by atoms with van der Waals surface area (Å²) in [6.45, 7) is 6.93. The van der Waals surface area contributed by atoms with Crippen LogP contribution in [0.3, 0.4) is 0 Å². The lowest BCUT2D eigenvalue weighted by Crippen LogP contribution is -2.41. The van der Waals surface area contributed by atoms with Crippen LogP contribution in [0.2, 0.25) is 0 Å². The van der Waals surface area contributed by atoms with Gasteiger partial charge in [0.25, 0.3) is 0 Å². The van der Waals surface area contributed by atoms with Crippen molar-refractivity contribution < 1.29 is 4.42 Å². The van der Waals surface area contributed by atoms with Crippen LogP contribution in [0.4, 0.5) is 0 Å². The molecule has 0 spiro atoms. The van der Waals surface area contributed by atoms with Gasteiger partial charge in [0.2, 0.25) is 0 Å². The SMILES string of the molecule is CC1CCCC(N[C@@H](C)c2ccco2)C1C. The Kier molecular flexibility index (Phi) is 3.70. The van der Waals surface area contributed by atoms with Crippen LogP contribution in [-0.4, -0.2) is 6.04 Å². The second-order valence-electron chi connectivity index (χ2n) is 5.28. The van der Waals surface area contributed by atoms with Gasteiger partial charge >= 0.3 is 0 Å². The molecule has 2 nitrogen and oxygen atoms in total. The summed E-state index contributed by atoms with van der Waals surface area (Å²) in [7, 11) is 0. The molecule has 0 aliphatic heterocycles. The van der Waals surface area contributed by atoms with E-state index in [0.29, 0.717) is 12.1 Å². The van der Waals surface area contributed by atoms with Crippen molar-refractivity contribution in [1.82, 2.24) is 5.32 Å². The van der Waals surface area contributed by atoms with E-state index in [4.69, 9.17) is 4.42 Å². The lowest BCUT2D eigenvalue weighted by atomic mass is 9.78. The van der Waals surface area contributed by atoms with Crippen molar-refractivity contribution in [3.63, 3.8) is 0 Å². The number of hydrogen-bond acceptors (Lipinski definition) is 2. The van der Waals surface area contributed by atoms with Gasteiger partial charge in [-0.1, -0.05) is 26.7 Å². The average Bonchev–Trinajstić information content (AvgIpc) is 2.78. The Morgan fingerprint density at radius 2 is 2.19 bits per heavy atom.